The number of nitrogens with one attached hydrogen (secondary N) is 1. The minimum absolute atomic E-state index is 0.102. The van der Waals surface area contributed by atoms with E-state index in [-0.39, 0.29) is 24.3 Å². The molecule has 1 rings (SSSR count). The number of carbonyl (C=O) groups is 2. The SMILES string of the molecule is CCC(C)CC(=O)N(CC(=O)NC)c1cccc(F)c1. The van der Waals surface area contributed by atoms with Gasteiger partial charge in [0.05, 0.1) is 0 Å². The first kappa shape index (κ1) is 16.1. The van der Waals surface area contributed by atoms with Gasteiger partial charge in [-0.3, -0.25) is 9.59 Å². The largest absolute Gasteiger partial charge is 0.358 e. The molecule has 0 aliphatic heterocycles. The molecule has 0 radical (unpaired) electrons. The Morgan fingerprint density at radius 3 is 2.65 bits per heavy atom. The molecule has 1 aromatic rings. The Balaban J connectivity index is 2.95. The minimum Gasteiger partial charge on any atom is -0.358 e. The summed E-state index contributed by atoms with van der Waals surface area (Å²) < 4.78 is 13.3. The van der Waals surface area contributed by atoms with Crippen LogP contribution in [0.2, 0.25) is 0 Å². The third-order valence-electron chi connectivity index (χ3n) is 3.22. The van der Waals surface area contributed by atoms with Gasteiger partial charge in [-0.15, -0.1) is 0 Å². The van der Waals surface area contributed by atoms with Crippen molar-refractivity contribution in [1.82, 2.24) is 5.32 Å². The maximum absolute atomic E-state index is 13.3. The van der Waals surface area contributed by atoms with Crippen LogP contribution in [0.4, 0.5) is 10.1 Å². The summed E-state index contributed by atoms with van der Waals surface area (Å²) in [6.45, 7) is 3.87. The number of nitrogens with zero attached hydrogens (tertiary/aromatic N) is 1. The lowest BCUT2D eigenvalue weighted by Gasteiger charge is -2.23. The zero-order valence-electron chi connectivity index (χ0n) is 12.1. The number of likely N-dealkylation sites (N-methyl/N-ethyl adjacent to an activating group) is 1. The van der Waals surface area contributed by atoms with Crippen molar-refractivity contribution in [3.63, 3.8) is 0 Å². The van der Waals surface area contributed by atoms with Crippen molar-refractivity contribution in [2.75, 3.05) is 18.5 Å². The van der Waals surface area contributed by atoms with E-state index in [4.69, 9.17) is 0 Å². The summed E-state index contributed by atoms with van der Waals surface area (Å²) in [5.74, 6) is -0.663. The molecule has 0 fully saturated rings. The zero-order chi connectivity index (χ0) is 15.1. The lowest BCUT2D eigenvalue weighted by Crippen LogP contribution is -2.40. The monoisotopic (exact) mass is 280 g/mol. The predicted octanol–water partition coefficient (Wildman–Crippen LogP) is 2.34. The van der Waals surface area contributed by atoms with Crippen molar-refractivity contribution in [3.8, 4) is 0 Å². The van der Waals surface area contributed by atoms with E-state index in [0.717, 1.165) is 6.42 Å². The molecule has 0 bridgehead atoms. The first-order valence-electron chi connectivity index (χ1n) is 6.74. The predicted molar refractivity (Wildman–Crippen MR) is 76.9 cm³/mol. The number of hydrogen-bond acceptors (Lipinski definition) is 2. The summed E-state index contributed by atoms with van der Waals surface area (Å²) in [4.78, 5) is 25.2. The fraction of sp³-hybridized carbons (Fsp3) is 0.467. The standard InChI is InChI=1S/C15H21FN2O2/c1-4-11(2)8-15(20)18(10-14(19)17-3)13-7-5-6-12(16)9-13/h5-7,9,11H,4,8,10H2,1-3H3,(H,17,19). The first-order valence-corrected chi connectivity index (χ1v) is 6.74. The van der Waals surface area contributed by atoms with Gasteiger partial charge in [-0.1, -0.05) is 26.3 Å². The number of carbonyl (C=O) groups excluding carboxylic acids is 2. The number of halogens is 1. The van der Waals surface area contributed by atoms with Gasteiger partial charge in [0.2, 0.25) is 11.8 Å². The Kier molecular flexibility index (Phi) is 6.15. The van der Waals surface area contributed by atoms with E-state index >= 15 is 0 Å². The maximum Gasteiger partial charge on any atom is 0.239 e. The molecule has 2 amide bonds. The molecule has 5 heteroatoms. The smallest absolute Gasteiger partial charge is 0.239 e. The molecule has 0 aliphatic carbocycles. The second-order valence-corrected chi connectivity index (χ2v) is 4.85. The third-order valence-corrected chi connectivity index (χ3v) is 3.22. The molecule has 1 N–H and O–H groups in total. The molecule has 1 aromatic carbocycles. The van der Waals surface area contributed by atoms with Crippen LogP contribution in [0, 0.1) is 11.7 Å². The molecule has 110 valence electrons. The molecular formula is C15H21FN2O2. The highest BCUT2D eigenvalue weighted by atomic mass is 19.1. The van der Waals surface area contributed by atoms with Gasteiger partial charge in [-0.25, -0.2) is 4.39 Å². The van der Waals surface area contributed by atoms with Crippen LogP contribution in [0.15, 0.2) is 24.3 Å². The van der Waals surface area contributed by atoms with Gasteiger partial charge < -0.3 is 10.2 Å². The molecule has 0 saturated heterocycles. The number of anilines is 1. The third kappa shape index (κ3) is 4.64. The van der Waals surface area contributed by atoms with Gasteiger partial charge in [0, 0.05) is 19.2 Å². The van der Waals surface area contributed by atoms with Crippen LogP contribution < -0.4 is 10.2 Å². The van der Waals surface area contributed by atoms with Crippen molar-refractivity contribution >= 4 is 17.5 Å². The fourth-order valence-corrected chi connectivity index (χ4v) is 1.74. The van der Waals surface area contributed by atoms with Crippen molar-refractivity contribution in [3.05, 3.63) is 30.1 Å². The second-order valence-electron chi connectivity index (χ2n) is 4.85. The summed E-state index contributed by atoms with van der Waals surface area (Å²) in [6.07, 6.45) is 1.21. The number of benzene rings is 1. The van der Waals surface area contributed by atoms with E-state index in [1.165, 1.54) is 30.1 Å². The van der Waals surface area contributed by atoms with Crippen molar-refractivity contribution in [2.45, 2.75) is 26.7 Å². The normalized spacial score (nSPS) is 11.8. The Labute approximate surface area is 119 Å². The van der Waals surface area contributed by atoms with Crippen LogP contribution in [0.5, 0.6) is 0 Å². The van der Waals surface area contributed by atoms with Gasteiger partial charge in [0.1, 0.15) is 12.4 Å². The highest BCUT2D eigenvalue weighted by Gasteiger charge is 2.20. The zero-order valence-corrected chi connectivity index (χ0v) is 12.1. The van der Waals surface area contributed by atoms with Gasteiger partial charge in [0.15, 0.2) is 0 Å². The van der Waals surface area contributed by atoms with Crippen LogP contribution >= 0.6 is 0 Å². The molecule has 0 aliphatic rings. The number of hydrogen-bond donors (Lipinski definition) is 1. The average molecular weight is 280 g/mol. The lowest BCUT2D eigenvalue weighted by atomic mass is 10.0. The van der Waals surface area contributed by atoms with Gasteiger partial charge in [0.25, 0.3) is 0 Å². The minimum atomic E-state index is -0.430. The highest BCUT2D eigenvalue weighted by Crippen LogP contribution is 2.18. The Bertz CT molecular complexity index is 477. The molecule has 1 unspecified atom stereocenters. The van der Waals surface area contributed by atoms with Gasteiger partial charge >= 0.3 is 0 Å². The molecule has 0 saturated carbocycles. The van der Waals surface area contributed by atoms with Crippen molar-refractivity contribution in [1.29, 1.82) is 0 Å². The average Bonchev–Trinajstić information content (AvgIpc) is 2.43. The Hall–Kier alpha value is -1.91. The molecule has 4 nitrogen and oxygen atoms in total. The van der Waals surface area contributed by atoms with E-state index in [0.29, 0.717) is 12.1 Å². The summed E-state index contributed by atoms with van der Waals surface area (Å²) >= 11 is 0. The summed E-state index contributed by atoms with van der Waals surface area (Å²) in [6, 6.07) is 5.72. The van der Waals surface area contributed by atoms with E-state index in [1.807, 2.05) is 13.8 Å². The molecule has 0 heterocycles. The van der Waals surface area contributed by atoms with Gasteiger partial charge in [-0.05, 0) is 24.1 Å². The topological polar surface area (TPSA) is 49.4 Å². The second kappa shape index (κ2) is 7.62. The quantitative estimate of drug-likeness (QED) is 0.869. The first-order chi connectivity index (χ1) is 9.47. The molecule has 0 spiro atoms. The maximum atomic E-state index is 13.3. The lowest BCUT2D eigenvalue weighted by molar-refractivity contribution is -0.124. The summed E-state index contributed by atoms with van der Waals surface area (Å²) in [5.41, 5.74) is 0.405. The Morgan fingerprint density at radius 2 is 2.10 bits per heavy atom. The number of rotatable bonds is 6. The summed E-state index contributed by atoms with van der Waals surface area (Å²) in [5, 5.41) is 2.48. The van der Waals surface area contributed by atoms with Crippen LogP contribution in [0.3, 0.4) is 0 Å². The molecule has 0 aromatic heterocycles. The summed E-state index contributed by atoms with van der Waals surface area (Å²) in [7, 11) is 1.51. The fourth-order valence-electron chi connectivity index (χ4n) is 1.74. The highest BCUT2D eigenvalue weighted by molar-refractivity contribution is 5.98. The molecular weight excluding hydrogens is 259 g/mol. The van der Waals surface area contributed by atoms with E-state index in [9.17, 15) is 14.0 Å². The van der Waals surface area contributed by atoms with Crippen LogP contribution in [-0.4, -0.2) is 25.4 Å². The molecule has 1 atom stereocenters. The van der Waals surface area contributed by atoms with Crippen molar-refractivity contribution < 1.29 is 14.0 Å². The van der Waals surface area contributed by atoms with E-state index in [1.54, 1.807) is 6.07 Å². The number of amides is 2. The van der Waals surface area contributed by atoms with Crippen molar-refractivity contribution in [2.24, 2.45) is 5.92 Å². The van der Waals surface area contributed by atoms with Gasteiger partial charge in [-0.2, -0.15) is 0 Å². The van der Waals surface area contributed by atoms with Crippen LogP contribution in [0.25, 0.3) is 0 Å². The Morgan fingerprint density at radius 1 is 1.40 bits per heavy atom. The molecule has 20 heavy (non-hydrogen) atoms. The van der Waals surface area contributed by atoms with E-state index < -0.39 is 5.82 Å². The van der Waals surface area contributed by atoms with E-state index in [2.05, 4.69) is 5.32 Å². The van der Waals surface area contributed by atoms with Crippen LogP contribution in [-0.2, 0) is 9.59 Å². The van der Waals surface area contributed by atoms with Crippen LogP contribution in [0.1, 0.15) is 26.7 Å².